The number of esters is 1. The van der Waals surface area contributed by atoms with Gasteiger partial charge in [0.25, 0.3) is 0 Å². The SMILES string of the molecule is C=CCc1cn(CCN2CCOCC2)c2ccc(C(=O)OC)cc12. The summed E-state index contributed by atoms with van der Waals surface area (Å²) >= 11 is 0. The van der Waals surface area contributed by atoms with Gasteiger partial charge in [-0.15, -0.1) is 6.58 Å². The molecule has 1 aliphatic heterocycles. The van der Waals surface area contributed by atoms with Gasteiger partial charge in [0.2, 0.25) is 0 Å². The molecule has 1 aliphatic rings. The predicted molar refractivity (Wildman–Crippen MR) is 94.4 cm³/mol. The van der Waals surface area contributed by atoms with Crippen molar-refractivity contribution in [2.75, 3.05) is 40.0 Å². The zero-order chi connectivity index (χ0) is 16.9. The molecule has 2 heterocycles. The zero-order valence-corrected chi connectivity index (χ0v) is 14.2. The lowest BCUT2D eigenvalue weighted by molar-refractivity contribution is 0.0365. The monoisotopic (exact) mass is 328 g/mol. The average Bonchev–Trinajstić information content (AvgIpc) is 2.97. The molecule has 0 aliphatic carbocycles. The minimum absolute atomic E-state index is 0.303. The van der Waals surface area contributed by atoms with Crippen molar-refractivity contribution >= 4 is 16.9 Å². The summed E-state index contributed by atoms with van der Waals surface area (Å²) in [6.45, 7) is 9.38. The number of fused-ring (bicyclic) bond motifs is 1. The maximum absolute atomic E-state index is 11.8. The minimum atomic E-state index is -0.303. The first kappa shape index (κ1) is 16.7. The smallest absolute Gasteiger partial charge is 0.337 e. The largest absolute Gasteiger partial charge is 0.465 e. The van der Waals surface area contributed by atoms with Gasteiger partial charge < -0.3 is 14.0 Å². The molecule has 24 heavy (non-hydrogen) atoms. The Morgan fingerprint density at radius 1 is 1.33 bits per heavy atom. The van der Waals surface area contributed by atoms with Gasteiger partial charge in [-0.2, -0.15) is 0 Å². The maximum Gasteiger partial charge on any atom is 0.337 e. The molecule has 1 aromatic carbocycles. The van der Waals surface area contributed by atoms with E-state index in [0.29, 0.717) is 5.56 Å². The molecular formula is C19H24N2O3. The van der Waals surface area contributed by atoms with Gasteiger partial charge >= 0.3 is 5.97 Å². The molecule has 1 fully saturated rings. The average molecular weight is 328 g/mol. The lowest BCUT2D eigenvalue weighted by atomic mass is 10.1. The molecule has 0 atom stereocenters. The van der Waals surface area contributed by atoms with Crippen LogP contribution in [-0.2, 0) is 22.4 Å². The van der Waals surface area contributed by atoms with E-state index in [-0.39, 0.29) is 5.97 Å². The number of ether oxygens (including phenoxy) is 2. The van der Waals surface area contributed by atoms with Gasteiger partial charge in [-0.05, 0) is 30.2 Å². The van der Waals surface area contributed by atoms with Gasteiger partial charge in [-0.25, -0.2) is 4.79 Å². The van der Waals surface area contributed by atoms with Gasteiger partial charge in [0.15, 0.2) is 0 Å². The van der Waals surface area contributed by atoms with Gasteiger partial charge in [0, 0.05) is 43.3 Å². The molecule has 0 unspecified atom stereocenters. The Morgan fingerprint density at radius 3 is 2.83 bits per heavy atom. The van der Waals surface area contributed by atoms with Crippen LogP contribution < -0.4 is 0 Å². The van der Waals surface area contributed by atoms with E-state index in [9.17, 15) is 4.79 Å². The standard InChI is InChI=1S/C19H24N2O3/c1-3-4-16-14-21(8-7-20-9-11-24-12-10-20)18-6-5-15(13-17(16)18)19(22)23-2/h3,5-6,13-14H,1,4,7-12H2,2H3. The molecule has 128 valence electrons. The molecule has 0 amide bonds. The Labute approximate surface area is 142 Å². The van der Waals surface area contributed by atoms with Gasteiger partial charge in [-0.1, -0.05) is 6.08 Å². The highest BCUT2D eigenvalue weighted by atomic mass is 16.5. The third kappa shape index (κ3) is 3.52. The van der Waals surface area contributed by atoms with E-state index in [1.165, 1.54) is 12.7 Å². The number of allylic oxidation sites excluding steroid dienone is 1. The number of aromatic nitrogens is 1. The molecule has 5 heteroatoms. The van der Waals surface area contributed by atoms with Crippen molar-refractivity contribution in [1.29, 1.82) is 0 Å². The number of carbonyl (C=O) groups excluding carboxylic acids is 1. The number of benzene rings is 1. The van der Waals surface area contributed by atoms with Crippen LogP contribution in [0.1, 0.15) is 15.9 Å². The highest BCUT2D eigenvalue weighted by Gasteiger charge is 2.14. The number of rotatable bonds is 6. The molecule has 2 aromatic rings. The third-order valence-corrected chi connectivity index (χ3v) is 4.51. The summed E-state index contributed by atoms with van der Waals surface area (Å²) in [6, 6.07) is 5.76. The van der Waals surface area contributed by atoms with E-state index in [4.69, 9.17) is 9.47 Å². The first-order valence-corrected chi connectivity index (χ1v) is 8.34. The fourth-order valence-electron chi connectivity index (χ4n) is 3.19. The number of morpholine rings is 1. The van der Waals surface area contributed by atoms with Gasteiger partial charge in [0.1, 0.15) is 0 Å². The van der Waals surface area contributed by atoms with Crippen LogP contribution in [0.3, 0.4) is 0 Å². The summed E-state index contributed by atoms with van der Waals surface area (Å²) in [5, 5.41) is 1.10. The topological polar surface area (TPSA) is 43.7 Å². The van der Waals surface area contributed by atoms with Crippen molar-refractivity contribution in [3.05, 3.63) is 48.2 Å². The van der Waals surface area contributed by atoms with Crippen LogP contribution in [0.2, 0.25) is 0 Å². The van der Waals surface area contributed by atoms with Gasteiger partial charge in [-0.3, -0.25) is 4.90 Å². The van der Waals surface area contributed by atoms with Crippen LogP contribution in [-0.4, -0.2) is 55.4 Å². The fraction of sp³-hybridized carbons (Fsp3) is 0.421. The normalized spacial score (nSPS) is 15.5. The van der Waals surface area contributed by atoms with Crippen LogP contribution in [0, 0.1) is 0 Å². The maximum atomic E-state index is 11.8. The highest BCUT2D eigenvalue weighted by molar-refractivity contribution is 5.96. The molecule has 0 N–H and O–H groups in total. The van der Waals surface area contributed by atoms with Crippen LogP contribution in [0.15, 0.2) is 37.1 Å². The first-order chi connectivity index (χ1) is 11.7. The molecule has 0 spiro atoms. The number of methoxy groups -OCH3 is 1. The Bertz CT molecular complexity index is 730. The van der Waals surface area contributed by atoms with E-state index < -0.39 is 0 Å². The molecule has 0 bridgehead atoms. The molecule has 0 radical (unpaired) electrons. The summed E-state index contributed by atoms with van der Waals surface area (Å²) in [4.78, 5) is 14.2. The molecule has 3 rings (SSSR count). The van der Waals surface area contributed by atoms with Gasteiger partial charge in [0.05, 0.1) is 25.9 Å². The predicted octanol–water partition coefficient (Wildman–Crippen LogP) is 2.49. The van der Waals surface area contributed by atoms with Crippen LogP contribution in [0.4, 0.5) is 0 Å². The van der Waals surface area contributed by atoms with Crippen LogP contribution >= 0.6 is 0 Å². The first-order valence-electron chi connectivity index (χ1n) is 8.34. The second-order valence-corrected chi connectivity index (χ2v) is 6.02. The lowest BCUT2D eigenvalue weighted by Gasteiger charge is -2.26. The molecule has 1 saturated heterocycles. The number of nitrogens with zero attached hydrogens (tertiary/aromatic N) is 2. The number of hydrogen-bond donors (Lipinski definition) is 0. The highest BCUT2D eigenvalue weighted by Crippen LogP contribution is 2.24. The van der Waals surface area contributed by atoms with Crippen molar-refractivity contribution in [2.24, 2.45) is 0 Å². The molecular weight excluding hydrogens is 304 g/mol. The van der Waals surface area contributed by atoms with Crippen molar-refractivity contribution in [1.82, 2.24) is 9.47 Å². The van der Waals surface area contributed by atoms with Crippen molar-refractivity contribution in [3.8, 4) is 0 Å². The second-order valence-electron chi connectivity index (χ2n) is 6.02. The lowest BCUT2D eigenvalue weighted by Crippen LogP contribution is -2.38. The van der Waals surface area contributed by atoms with E-state index in [1.807, 2.05) is 24.3 Å². The van der Waals surface area contributed by atoms with E-state index >= 15 is 0 Å². The Balaban J connectivity index is 1.86. The zero-order valence-electron chi connectivity index (χ0n) is 14.2. The fourth-order valence-corrected chi connectivity index (χ4v) is 3.19. The summed E-state index contributed by atoms with van der Waals surface area (Å²) in [6.07, 6.45) is 4.85. The molecule has 1 aromatic heterocycles. The van der Waals surface area contributed by atoms with E-state index in [0.717, 1.165) is 56.7 Å². The quantitative estimate of drug-likeness (QED) is 0.604. The van der Waals surface area contributed by atoms with Crippen molar-refractivity contribution in [3.63, 3.8) is 0 Å². The summed E-state index contributed by atoms with van der Waals surface area (Å²) in [7, 11) is 1.41. The number of hydrogen-bond acceptors (Lipinski definition) is 4. The Kier molecular flexibility index (Phi) is 5.33. The second kappa shape index (κ2) is 7.64. The molecule has 0 saturated carbocycles. The Hall–Kier alpha value is -2.11. The minimum Gasteiger partial charge on any atom is -0.465 e. The van der Waals surface area contributed by atoms with E-state index in [2.05, 4.69) is 22.2 Å². The summed E-state index contributed by atoms with van der Waals surface area (Å²) in [5.41, 5.74) is 2.92. The van der Waals surface area contributed by atoms with Crippen molar-refractivity contribution < 1.29 is 14.3 Å². The van der Waals surface area contributed by atoms with Crippen molar-refractivity contribution in [2.45, 2.75) is 13.0 Å². The third-order valence-electron chi connectivity index (χ3n) is 4.51. The van der Waals surface area contributed by atoms with E-state index in [1.54, 1.807) is 0 Å². The number of carbonyl (C=O) groups is 1. The molecule has 5 nitrogen and oxygen atoms in total. The van der Waals surface area contributed by atoms with Crippen LogP contribution in [0.5, 0.6) is 0 Å². The summed E-state index contributed by atoms with van der Waals surface area (Å²) < 4.78 is 12.5. The Morgan fingerprint density at radius 2 is 2.12 bits per heavy atom. The summed E-state index contributed by atoms with van der Waals surface area (Å²) in [5.74, 6) is -0.303. The van der Waals surface area contributed by atoms with Crippen LogP contribution in [0.25, 0.3) is 10.9 Å².